The highest BCUT2D eigenvalue weighted by Crippen LogP contribution is 2.29. The van der Waals surface area contributed by atoms with Gasteiger partial charge >= 0.3 is 6.18 Å². The first-order valence-electron chi connectivity index (χ1n) is 9.50. The molecule has 2 aromatic carbocycles. The van der Waals surface area contributed by atoms with Crippen LogP contribution in [0, 0.1) is 0 Å². The third-order valence-corrected chi connectivity index (χ3v) is 4.71. The number of rotatable bonds is 6. The Morgan fingerprint density at radius 1 is 0.967 bits per heavy atom. The lowest BCUT2D eigenvalue weighted by Gasteiger charge is -2.26. The minimum absolute atomic E-state index is 0.0607. The first-order valence-corrected chi connectivity index (χ1v) is 9.50. The summed E-state index contributed by atoms with van der Waals surface area (Å²) < 4.78 is 43.3. The first-order chi connectivity index (χ1) is 14.3. The number of amides is 2. The van der Waals surface area contributed by atoms with E-state index in [-0.39, 0.29) is 22.7 Å². The van der Waals surface area contributed by atoms with Crippen LogP contribution in [-0.2, 0) is 10.9 Å². The SMILES string of the molecule is O=C(Nc1ccccc1C(=O)NCCN1CCOCC1)c1ccc(C(F)(F)F)cc1. The molecule has 2 N–H and O–H groups in total. The van der Waals surface area contributed by atoms with E-state index in [0.29, 0.717) is 26.3 Å². The molecule has 1 aliphatic rings. The van der Waals surface area contributed by atoms with Crippen molar-refractivity contribution < 1.29 is 27.5 Å². The second-order valence-electron chi connectivity index (χ2n) is 6.78. The molecule has 0 aromatic heterocycles. The molecule has 1 fully saturated rings. The molecule has 0 atom stereocenters. The van der Waals surface area contributed by atoms with E-state index in [2.05, 4.69) is 15.5 Å². The van der Waals surface area contributed by atoms with Gasteiger partial charge < -0.3 is 15.4 Å². The summed E-state index contributed by atoms with van der Waals surface area (Å²) in [7, 11) is 0. The zero-order chi connectivity index (χ0) is 21.6. The van der Waals surface area contributed by atoms with E-state index in [1.807, 2.05) is 0 Å². The fourth-order valence-corrected chi connectivity index (χ4v) is 3.04. The molecular formula is C21H22F3N3O3. The molecule has 0 bridgehead atoms. The third-order valence-electron chi connectivity index (χ3n) is 4.71. The summed E-state index contributed by atoms with van der Waals surface area (Å²) in [6.07, 6.45) is -4.47. The number of anilines is 1. The molecule has 30 heavy (non-hydrogen) atoms. The zero-order valence-electron chi connectivity index (χ0n) is 16.2. The summed E-state index contributed by atoms with van der Waals surface area (Å²) in [5.41, 5.74) is -0.212. The minimum atomic E-state index is -4.47. The van der Waals surface area contributed by atoms with Crippen molar-refractivity contribution in [2.24, 2.45) is 0 Å². The Morgan fingerprint density at radius 2 is 1.63 bits per heavy atom. The summed E-state index contributed by atoms with van der Waals surface area (Å²) in [5, 5.41) is 5.42. The highest BCUT2D eigenvalue weighted by molar-refractivity contribution is 6.09. The van der Waals surface area contributed by atoms with E-state index < -0.39 is 17.6 Å². The molecule has 0 unspecified atom stereocenters. The minimum Gasteiger partial charge on any atom is -0.379 e. The molecule has 6 nitrogen and oxygen atoms in total. The average molecular weight is 421 g/mol. The van der Waals surface area contributed by atoms with Gasteiger partial charge in [0.15, 0.2) is 0 Å². The number of nitrogens with zero attached hydrogens (tertiary/aromatic N) is 1. The molecular weight excluding hydrogens is 399 g/mol. The van der Waals surface area contributed by atoms with Crippen molar-refractivity contribution in [1.82, 2.24) is 10.2 Å². The maximum atomic E-state index is 12.7. The number of carbonyl (C=O) groups excluding carboxylic acids is 2. The number of ether oxygens (including phenoxy) is 1. The molecule has 9 heteroatoms. The number of benzene rings is 2. The van der Waals surface area contributed by atoms with E-state index in [1.165, 1.54) is 0 Å². The number of halogens is 3. The van der Waals surface area contributed by atoms with Crippen LogP contribution < -0.4 is 10.6 Å². The molecule has 1 heterocycles. The Labute approximate surface area is 172 Å². The quantitative estimate of drug-likeness (QED) is 0.752. The van der Waals surface area contributed by atoms with Crippen molar-refractivity contribution in [3.8, 4) is 0 Å². The Bertz CT molecular complexity index is 879. The van der Waals surface area contributed by atoms with Crippen LogP contribution in [0.5, 0.6) is 0 Å². The highest BCUT2D eigenvalue weighted by Gasteiger charge is 2.30. The van der Waals surface area contributed by atoms with Gasteiger partial charge in [0.05, 0.1) is 30.0 Å². The number of hydrogen-bond acceptors (Lipinski definition) is 4. The molecule has 0 radical (unpaired) electrons. The van der Waals surface area contributed by atoms with Gasteiger partial charge in [-0.25, -0.2) is 0 Å². The van der Waals surface area contributed by atoms with Crippen LogP contribution in [0.25, 0.3) is 0 Å². The van der Waals surface area contributed by atoms with E-state index in [1.54, 1.807) is 24.3 Å². The van der Waals surface area contributed by atoms with Crippen LogP contribution in [0.3, 0.4) is 0 Å². The number of alkyl halides is 3. The smallest absolute Gasteiger partial charge is 0.379 e. The Balaban J connectivity index is 1.61. The van der Waals surface area contributed by atoms with Gasteiger partial charge in [-0.2, -0.15) is 13.2 Å². The maximum Gasteiger partial charge on any atom is 0.416 e. The summed E-state index contributed by atoms with van der Waals surface area (Å²) in [4.78, 5) is 27.2. The fourth-order valence-electron chi connectivity index (χ4n) is 3.04. The van der Waals surface area contributed by atoms with E-state index in [4.69, 9.17) is 4.74 Å². The number of carbonyl (C=O) groups is 2. The van der Waals surface area contributed by atoms with Gasteiger partial charge in [0.2, 0.25) is 0 Å². The second-order valence-corrected chi connectivity index (χ2v) is 6.78. The largest absolute Gasteiger partial charge is 0.416 e. The summed E-state index contributed by atoms with van der Waals surface area (Å²) in [6, 6.07) is 10.4. The van der Waals surface area contributed by atoms with Gasteiger partial charge in [0.25, 0.3) is 11.8 Å². The molecule has 3 rings (SSSR count). The van der Waals surface area contributed by atoms with E-state index >= 15 is 0 Å². The fraction of sp³-hybridized carbons (Fsp3) is 0.333. The van der Waals surface area contributed by atoms with Crippen molar-refractivity contribution >= 4 is 17.5 Å². The van der Waals surface area contributed by atoms with Crippen molar-refractivity contribution in [2.75, 3.05) is 44.7 Å². The molecule has 1 saturated heterocycles. The van der Waals surface area contributed by atoms with Gasteiger partial charge in [0, 0.05) is 31.7 Å². The van der Waals surface area contributed by atoms with E-state index in [0.717, 1.165) is 37.4 Å². The van der Waals surface area contributed by atoms with Crippen LogP contribution in [-0.4, -0.2) is 56.1 Å². The monoisotopic (exact) mass is 421 g/mol. The zero-order valence-corrected chi connectivity index (χ0v) is 16.2. The molecule has 2 aromatic rings. The average Bonchev–Trinajstić information content (AvgIpc) is 2.74. The van der Waals surface area contributed by atoms with Crippen LogP contribution >= 0.6 is 0 Å². The number of para-hydroxylation sites is 1. The van der Waals surface area contributed by atoms with Crippen molar-refractivity contribution in [2.45, 2.75) is 6.18 Å². The van der Waals surface area contributed by atoms with Crippen LogP contribution in [0.15, 0.2) is 48.5 Å². The first kappa shape index (κ1) is 21.8. The van der Waals surface area contributed by atoms with E-state index in [9.17, 15) is 22.8 Å². The van der Waals surface area contributed by atoms with Gasteiger partial charge in [-0.15, -0.1) is 0 Å². The molecule has 1 aliphatic heterocycles. The Kier molecular flexibility index (Phi) is 7.07. The molecule has 0 aliphatic carbocycles. The molecule has 0 saturated carbocycles. The Hall–Kier alpha value is -2.91. The third kappa shape index (κ3) is 5.80. The maximum absolute atomic E-state index is 12.7. The number of morpholine rings is 1. The Morgan fingerprint density at radius 3 is 2.30 bits per heavy atom. The highest BCUT2D eigenvalue weighted by atomic mass is 19.4. The van der Waals surface area contributed by atoms with Crippen LogP contribution in [0.1, 0.15) is 26.3 Å². The molecule has 160 valence electrons. The second kappa shape index (κ2) is 9.73. The van der Waals surface area contributed by atoms with Gasteiger partial charge in [-0.05, 0) is 36.4 Å². The lowest BCUT2D eigenvalue weighted by atomic mass is 10.1. The van der Waals surface area contributed by atoms with Crippen molar-refractivity contribution in [1.29, 1.82) is 0 Å². The number of nitrogens with one attached hydrogen (secondary N) is 2. The van der Waals surface area contributed by atoms with Crippen molar-refractivity contribution in [3.63, 3.8) is 0 Å². The lowest BCUT2D eigenvalue weighted by molar-refractivity contribution is -0.137. The summed E-state index contributed by atoms with van der Waals surface area (Å²) in [6.45, 7) is 4.11. The van der Waals surface area contributed by atoms with Crippen LogP contribution in [0.4, 0.5) is 18.9 Å². The van der Waals surface area contributed by atoms with Crippen LogP contribution in [0.2, 0.25) is 0 Å². The van der Waals surface area contributed by atoms with Gasteiger partial charge in [-0.3, -0.25) is 14.5 Å². The number of hydrogen-bond donors (Lipinski definition) is 2. The summed E-state index contributed by atoms with van der Waals surface area (Å²) >= 11 is 0. The molecule has 2 amide bonds. The topological polar surface area (TPSA) is 70.7 Å². The predicted molar refractivity (Wildman–Crippen MR) is 105 cm³/mol. The van der Waals surface area contributed by atoms with Crippen molar-refractivity contribution in [3.05, 3.63) is 65.2 Å². The normalized spacial score (nSPS) is 14.9. The summed E-state index contributed by atoms with van der Waals surface area (Å²) in [5.74, 6) is -0.941. The predicted octanol–water partition coefficient (Wildman–Crippen LogP) is 3.02. The standard InChI is InChI=1S/C21H22F3N3O3/c22-21(23,24)16-7-5-15(6-8-16)19(28)26-18-4-2-1-3-17(18)20(29)25-9-10-27-11-13-30-14-12-27/h1-8H,9-14H2,(H,25,29)(H,26,28). The van der Waals surface area contributed by atoms with Gasteiger partial charge in [-0.1, -0.05) is 12.1 Å². The lowest BCUT2D eigenvalue weighted by Crippen LogP contribution is -2.41. The molecule has 0 spiro atoms. The van der Waals surface area contributed by atoms with Gasteiger partial charge in [0.1, 0.15) is 0 Å².